The molecule has 1 aliphatic rings. The van der Waals surface area contributed by atoms with Gasteiger partial charge in [0.25, 0.3) is 5.56 Å². The zero-order valence-corrected chi connectivity index (χ0v) is 18.8. The second-order valence-electron chi connectivity index (χ2n) is 6.51. The summed E-state index contributed by atoms with van der Waals surface area (Å²) in [5.74, 6) is -0.342. The van der Waals surface area contributed by atoms with E-state index in [1.54, 1.807) is 10.5 Å². The van der Waals surface area contributed by atoms with E-state index in [4.69, 9.17) is 4.74 Å². The molecule has 160 valence electrons. The number of nitrogens with zero attached hydrogens (tertiary/aromatic N) is 5. The number of anilines is 1. The molecule has 0 spiro atoms. The Balaban J connectivity index is 1.86. The highest BCUT2D eigenvalue weighted by molar-refractivity contribution is 14.2. The second-order valence-corrected chi connectivity index (χ2v) is 8.55. The van der Waals surface area contributed by atoms with Crippen molar-refractivity contribution in [1.29, 1.82) is 0 Å². The Morgan fingerprint density at radius 1 is 1.20 bits per heavy atom. The third-order valence-corrected chi connectivity index (χ3v) is 6.48. The van der Waals surface area contributed by atoms with Crippen LogP contribution in [0.25, 0.3) is 22.3 Å². The van der Waals surface area contributed by atoms with Crippen LogP contribution in [0.15, 0.2) is 29.1 Å². The average Bonchev–Trinajstić information content (AvgIpc) is 3.07. The Bertz CT molecular complexity index is 1140. The molecule has 0 aliphatic carbocycles. The molecule has 0 N–H and O–H groups in total. The third kappa shape index (κ3) is 4.26. The van der Waals surface area contributed by atoms with Crippen molar-refractivity contribution in [2.24, 2.45) is 7.05 Å². The number of halogens is 4. The minimum Gasteiger partial charge on any atom is -0.406 e. The summed E-state index contributed by atoms with van der Waals surface area (Å²) in [4.78, 5) is 14.5. The van der Waals surface area contributed by atoms with Gasteiger partial charge in [0.05, 0.1) is 25.1 Å². The van der Waals surface area contributed by atoms with Crippen LogP contribution >= 0.6 is 28.4 Å². The van der Waals surface area contributed by atoms with Gasteiger partial charge >= 0.3 is 6.36 Å². The molecule has 0 amide bonds. The van der Waals surface area contributed by atoms with Crippen molar-refractivity contribution in [2.75, 3.05) is 31.2 Å². The van der Waals surface area contributed by atoms with Crippen molar-refractivity contribution in [3.8, 4) is 17.1 Å². The maximum atomic E-state index is 12.7. The molecule has 1 saturated heterocycles. The lowest BCUT2D eigenvalue weighted by Gasteiger charge is -2.28. The van der Waals surface area contributed by atoms with Crippen LogP contribution < -0.4 is 15.2 Å². The molecule has 0 saturated carbocycles. The molecule has 1 aliphatic heterocycles. The van der Waals surface area contributed by atoms with Crippen LogP contribution in [0.2, 0.25) is 0 Å². The lowest BCUT2D eigenvalue weighted by atomic mass is 10.1. The van der Waals surface area contributed by atoms with Crippen molar-refractivity contribution in [3.63, 3.8) is 0 Å². The van der Waals surface area contributed by atoms with E-state index in [0.717, 1.165) is 0 Å². The van der Waals surface area contributed by atoms with Crippen LogP contribution in [0.3, 0.4) is 0 Å². The maximum Gasteiger partial charge on any atom is 0.573 e. The summed E-state index contributed by atoms with van der Waals surface area (Å²) >= 11 is 2.14. The number of aromatic nitrogens is 4. The van der Waals surface area contributed by atoms with Crippen LogP contribution in [-0.2, 0) is 11.8 Å². The second kappa shape index (κ2) is 8.31. The number of alkyl halides is 3. The van der Waals surface area contributed by atoms with Gasteiger partial charge in [0.1, 0.15) is 22.8 Å². The van der Waals surface area contributed by atoms with Crippen molar-refractivity contribution in [1.82, 2.24) is 19.3 Å². The topological polar surface area (TPSA) is 74.4 Å². The van der Waals surface area contributed by atoms with Gasteiger partial charge in [-0.1, -0.05) is 0 Å². The Hall–Kier alpha value is -1.92. The zero-order chi connectivity index (χ0) is 21.5. The van der Waals surface area contributed by atoms with Gasteiger partial charge in [0.15, 0.2) is 0 Å². The predicted octanol–water partition coefficient (Wildman–Crippen LogP) is 3.32. The van der Waals surface area contributed by atoms with Crippen molar-refractivity contribution >= 4 is 45.0 Å². The third-order valence-electron chi connectivity index (χ3n) is 4.60. The van der Waals surface area contributed by atoms with Crippen molar-refractivity contribution in [3.05, 3.63) is 34.6 Å². The first-order chi connectivity index (χ1) is 14.3. The number of aryl methyl sites for hydroxylation is 1. The first-order valence-electron chi connectivity index (χ1n) is 8.83. The van der Waals surface area contributed by atoms with E-state index in [2.05, 4.69) is 37.0 Å². The van der Waals surface area contributed by atoms with E-state index in [0.29, 0.717) is 54.3 Å². The van der Waals surface area contributed by atoms with Gasteiger partial charge < -0.3 is 14.4 Å². The van der Waals surface area contributed by atoms with E-state index in [1.807, 2.05) is 4.90 Å². The first kappa shape index (κ1) is 21.3. The predicted molar refractivity (Wildman–Crippen MR) is 116 cm³/mol. The molecule has 1 atom stereocenters. The monoisotopic (exact) mass is 553 g/mol. The largest absolute Gasteiger partial charge is 0.573 e. The van der Waals surface area contributed by atoms with Crippen LogP contribution in [0.1, 0.15) is 0 Å². The standard InChI is InChI=1S/C17H16F3IN5O3P/c1-24-16(27)14(25-4-6-28-7-5-25)9-12(22-24)15-11-8-10(29-17(18,19)20)2-3-13(11)26(23-15)30-21/h2-3,8-9,30H,4-7H2,1H3. The summed E-state index contributed by atoms with van der Waals surface area (Å²) in [6.07, 6.45) is -4.58. The molecular formula is C17H16F3IN5O3P. The van der Waals surface area contributed by atoms with Crippen LogP contribution in [-0.4, -0.2) is 52.0 Å². The molecule has 3 aromatic rings. The van der Waals surface area contributed by atoms with Crippen molar-refractivity contribution in [2.45, 2.75) is 6.36 Å². The van der Waals surface area contributed by atoms with Gasteiger partial charge in [-0.15, -0.1) is 13.2 Å². The minimum atomic E-state index is -4.80. The molecule has 2 aromatic heterocycles. The lowest BCUT2D eigenvalue weighted by molar-refractivity contribution is -0.274. The smallest absolute Gasteiger partial charge is 0.406 e. The highest BCUT2D eigenvalue weighted by atomic mass is 127. The fourth-order valence-electron chi connectivity index (χ4n) is 3.29. The van der Waals surface area contributed by atoms with E-state index >= 15 is 0 Å². The van der Waals surface area contributed by atoms with Crippen LogP contribution in [0, 0.1) is 0 Å². The van der Waals surface area contributed by atoms with Gasteiger partial charge in [-0.05, 0) is 46.3 Å². The molecule has 13 heteroatoms. The number of rotatable bonds is 4. The average molecular weight is 553 g/mol. The van der Waals surface area contributed by atoms with Gasteiger partial charge in [-0.2, -0.15) is 10.2 Å². The van der Waals surface area contributed by atoms with E-state index < -0.39 is 6.36 Å². The van der Waals surface area contributed by atoms with Gasteiger partial charge in [-0.25, -0.2) is 9.13 Å². The molecule has 1 unspecified atom stereocenters. The summed E-state index contributed by atoms with van der Waals surface area (Å²) in [5, 5.41) is 9.30. The summed E-state index contributed by atoms with van der Waals surface area (Å²) in [6.45, 7) is 2.14. The first-order valence-corrected chi connectivity index (χ1v) is 12.9. The van der Waals surface area contributed by atoms with Crippen LogP contribution in [0.5, 0.6) is 5.75 Å². The molecule has 3 heterocycles. The van der Waals surface area contributed by atoms with E-state index in [9.17, 15) is 18.0 Å². The number of benzene rings is 1. The molecule has 30 heavy (non-hydrogen) atoms. The summed E-state index contributed by atoms with van der Waals surface area (Å²) in [7, 11) is 1.53. The SMILES string of the molecule is Cn1nc(-c2nn(PI)c3ccc(OC(F)(F)F)cc23)cc(N2CCOCC2)c1=O. The Kier molecular flexibility index (Phi) is 5.90. The van der Waals surface area contributed by atoms with Crippen LogP contribution in [0.4, 0.5) is 18.9 Å². The molecule has 4 rings (SSSR count). The lowest BCUT2D eigenvalue weighted by Crippen LogP contribution is -2.40. The Morgan fingerprint density at radius 2 is 1.93 bits per heavy atom. The summed E-state index contributed by atoms with van der Waals surface area (Å²) < 4.78 is 50.4. The summed E-state index contributed by atoms with van der Waals surface area (Å²) in [5.41, 5.74) is 1.61. The molecule has 8 nitrogen and oxygen atoms in total. The molecule has 1 fully saturated rings. The molecule has 1 aromatic carbocycles. The molecule has 0 radical (unpaired) electrons. The minimum absolute atomic E-state index is 0.222. The number of hydrogen-bond donors (Lipinski definition) is 0. The number of fused-ring (bicyclic) bond motifs is 1. The van der Waals surface area contributed by atoms with E-state index in [1.165, 1.54) is 29.9 Å². The highest BCUT2D eigenvalue weighted by Crippen LogP contribution is 2.37. The maximum absolute atomic E-state index is 12.7. The fourth-order valence-corrected chi connectivity index (χ4v) is 4.81. The van der Waals surface area contributed by atoms with Gasteiger partial charge in [-0.3, -0.25) is 4.79 Å². The summed E-state index contributed by atoms with van der Waals surface area (Å²) in [6, 6.07) is 5.71. The molecule has 0 bridgehead atoms. The number of morpholine rings is 1. The highest BCUT2D eigenvalue weighted by Gasteiger charge is 2.31. The Labute approximate surface area is 183 Å². The van der Waals surface area contributed by atoms with Gasteiger partial charge in [0, 0.05) is 25.5 Å². The normalized spacial score (nSPS) is 15.4. The number of hydrogen-bond acceptors (Lipinski definition) is 6. The molecular weight excluding hydrogens is 537 g/mol. The quantitative estimate of drug-likeness (QED) is 0.365. The van der Waals surface area contributed by atoms with Gasteiger partial charge in [0.2, 0.25) is 0 Å². The zero-order valence-electron chi connectivity index (χ0n) is 15.6. The van der Waals surface area contributed by atoms with E-state index in [-0.39, 0.29) is 17.7 Å². The Morgan fingerprint density at radius 3 is 2.60 bits per heavy atom. The van der Waals surface area contributed by atoms with Crippen molar-refractivity contribution < 1.29 is 22.6 Å². The fraction of sp³-hybridized carbons (Fsp3) is 0.353. The number of ether oxygens (including phenoxy) is 2.